The van der Waals surface area contributed by atoms with Crippen molar-refractivity contribution in [2.45, 2.75) is 0 Å². The van der Waals surface area contributed by atoms with Crippen molar-refractivity contribution in [2.75, 3.05) is 5.32 Å². The Morgan fingerprint density at radius 3 is 2.62 bits per heavy atom. The fourth-order valence-electron chi connectivity index (χ4n) is 0.929. The van der Waals surface area contributed by atoms with Crippen molar-refractivity contribution < 1.29 is 19.1 Å². The highest BCUT2D eigenvalue weighted by atomic mass is 35.5. The lowest BCUT2D eigenvalue weighted by Gasteiger charge is -2.05. The van der Waals surface area contributed by atoms with Gasteiger partial charge in [0.15, 0.2) is 0 Å². The molecule has 0 heterocycles. The molecule has 0 aromatic heterocycles. The maximum absolute atomic E-state index is 13.2. The molecule has 6 heteroatoms. The molecule has 0 spiro atoms. The van der Waals surface area contributed by atoms with E-state index in [1.807, 2.05) is 0 Å². The predicted octanol–water partition coefficient (Wildman–Crippen LogP) is 2.06. The number of rotatable bonds is 3. The summed E-state index contributed by atoms with van der Waals surface area (Å²) in [6, 6.07) is 3.92. The molecular weight excluding hydrogens is 237 g/mol. The molecule has 0 aliphatic heterocycles. The third-order valence-corrected chi connectivity index (χ3v) is 1.90. The van der Waals surface area contributed by atoms with Crippen LogP contribution >= 0.6 is 11.6 Å². The molecule has 0 bridgehead atoms. The normalized spacial score (nSPS) is 10.4. The number of anilines is 1. The third-order valence-electron chi connectivity index (χ3n) is 1.59. The summed E-state index contributed by atoms with van der Waals surface area (Å²) in [5, 5.41) is 10.4. The fraction of sp³-hybridized carbons (Fsp3) is 0. The fourth-order valence-corrected chi connectivity index (χ4v) is 1.14. The summed E-state index contributed by atoms with van der Waals surface area (Å²) in [6.07, 6.45) is 1.41. The van der Waals surface area contributed by atoms with Crippen LogP contribution in [0.3, 0.4) is 0 Å². The van der Waals surface area contributed by atoms with Crippen LogP contribution in [0.15, 0.2) is 30.4 Å². The first kappa shape index (κ1) is 12.2. The van der Waals surface area contributed by atoms with E-state index in [1.165, 1.54) is 12.1 Å². The Kier molecular flexibility index (Phi) is 4.02. The van der Waals surface area contributed by atoms with Crippen LogP contribution in [0.25, 0.3) is 0 Å². The molecule has 0 atom stereocenters. The topological polar surface area (TPSA) is 66.4 Å². The van der Waals surface area contributed by atoms with Crippen molar-refractivity contribution in [1.82, 2.24) is 0 Å². The maximum atomic E-state index is 13.2. The molecule has 1 aromatic carbocycles. The van der Waals surface area contributed by atoms with Gasteiger partial charge in [0.25, 0.3) is 0 Å². The van der Waals surface area contributed by atoms with Crippen molar-refractivity contribution >= 4 is 29.2 Å². The molecule has 4 nitrogen and oxygen atoms in total. The number of halogens is 2. The average molecular weight is 244 g/mol. The van der Waals surface area contributed by atoms with Gasteiger partial charge in [-0.15, -0.1) is 0 Å². The molecule has 0 aliphatic rings. The molecule has 0 radical (unpaired) electrons. The van der Waals surface area contributed by atoms with Crippen molar-refractivity contribution in [3.63, 3.8) is 0 Å². The van der Waals surface area contributed by atoms with Gasteiger partial charge >= 0.3 is 5.97 Å². The first-order chi connectivity index (χ1) is 7.50. The van der Waals surface area contributed by atoms with Crippen LogP contribution in [0.4, 0.5) is 10.1 Å². The van der Waals surface area contributed by atoms with E-state index in [2.05, 4.69) is 5.32 Å². The van der Waals surface area contributed by atoms with Gasteiger partial charge in [0.1, 0.15) is 5.82 Å². The first-order valence-corrected chi connectivity index (χ1v) is 4.54. The Morgan fingerprint density at radius 2 is 2.06 bits per heavy atom. The molecule has 0 aliphatic carbocycles. The van der Waals surface area contributed by atoms with Crippen LogP contribution < -0.4 is 5.32 Å². The summed E-state index contributed by atoms with van der Waals surface area (Å²) in [5.41, 5.74) is -0.177. The lowest BCUT2D eigenvalue weighted by Crippen LogP contribution is -2.10. The van der Waals surface area contributed by atoms with E-state index >= 15 is 0 Å². The smallest absolute Gasteiger partial charge is 0.328 e. The minimum atomic E-state index is -1.27. The van der Waals surface area contributed by atoms with E-state index in [9.17, 15) is 14.0 Å². The van der Waals surface area contributed by atoms with Gasteiger partial charge in [-0.25, -0.2) is 9.18 Å². The predicted molar refractivity (Wildman–Crippen MR) is 56.8 cm³/mol. The standard InChI is InChI=1S/C10H7ClFNO3/c11-6-2-1-3-7(12)10(6)13-8(14)4-5-9(15)16/h1-5H,(H,13,14)(H,15,16)/b5-4+. The van der Waals surface area contributed by atoms with Crippen LogP contribution in [0.1, 0.15) is 0 Å². The summed E-state index contributed by atoms with van der Waals surface area (Å²) in [7, 11) is 0. The number of aliphatic carboxylic acids is 1. The van der Waals surface area contributed by atoms with Gasteiger partial charge in [-0.05, 0) is 12.1 Å². The van der Waals surface area contributed by atoms with Gasteiger partial charge < -0.3 is 10.4 Å². The van der Waals surface area contributed by atoms with Crippen LogP contribution in [-0.2, 0) is 9.59 Å². The van der Waals surface area contributed by atoms with Crippen LogP contribution in [-0.4, -0.2) is 17.0 Å². The van der Waals surface area contributed by atoms with E-state index in [0.29, 0.717) is 6.08 Å². The molecule has 0 saturated heterocycles. The van der Waals surface area contributed by atoms with Gasteiger partial charge in [0.2, 0.25) is 5.91 Å². The Hall–Kier alpha value is -1.88. The number of amides is 1. The van der Waals surface area contributed by atoms with E-state index in [-0.39, 0.29) is 10.7 Å². The number of carboxylic acid groups (broad SMARTS) is 1. The number of hydrogen-bond donors (Lipinski definition) is 2. The number of carbonyl (C=O) groups is 2. The molecule has 0 saturated carbocycles. The Bertz CT molecular complexity index is 439. The van der Waals surface area contributed by atoms with Gasteiger partial charge in [-0.3, -0.25) is 4.79 Å². The quantitative estimate of drug-likeness (QED) is 0.799. The number of para-hydroxylation sites is 1. The highest BCUT2D eigenvalue weighted by molar-refractivity contribution is 6.33. The zero-order valence-corrected chi connectivity index (χ0v) is 8.66. The lowest BCUT2D eigenvalue weighted by atomic mass is 10.3. The molecule has 1 aromatic rings. The first-order valence-electron chi connectivity index (χ1n) is 4.16. The van der Waals surface area contributed by atoms with Gasteiger partial charge in [0, 0.05) is 12.2 Å². The number of benzene rings is 1. The zero-order valence-electron chi connectivity index (χ0n) is 7.91. The molecule has 0 unspecified atom stereocenters. The monoisotopic (exact) mass is 243 g/mol. The number of nitrogens with one attached hydrogen (secondary N) is 1. The third kappa shape index (κ3) is 3.36. The molecule has 2 N–H and O–H groups in total. The summed E-state index contributed by atoms with van der Waals surface area (Å²) in [6.45, 7) is 0. The van der Waals surface area contributed by atoms with Crippen molar-refractivity contribution in [1.29, 1.82) is 0 Å². The summed E-state index contributed by atoms with van der Waals surface area (Å²) < 4.78 is 13.2. The second-order valence-electron chi connectivity index (χ2n) is 2.76. The Labute approximate surface area is 95.3 Å². The molecule has 1 rings (SSSR count). The molecule has 1 amide bonds. The largest absolute Gasteiger partial charge is 0.478 e. The van der Waals surface area contributed by atoms with Gasteiger partial charge in [-0.1, -0.05) is 17.7 Å². The SMILES string of the molecule is O=C(O)/C=C/C(=O)Nc1c(F)cccc1Cl. The average Bonchev–Trinajstić information content (AvgIpc) is 2.21. The van der Waals surface area contributed by atoms with Gasteiger partial charge in [0.05, 0.1) is 10.7 Å². The van der Waals surface area contributed by atoms with Crippen LogP contribution in [0.2, 0.25) is 5.02 Å². The highest BCUT2D eigenvalue weighted by Crippen LogP contribution is 2.24. The van der Waals surface area contributed by atoms with E-state index in [4.69, 9.17) is 16.7 Å². The molecule has 0 fully saturated rings. The Morgan fingerprint density at radius 1 is 1.38 bits per heavy atom. The molecular formula is C10H7ClFNO3. The second kappa shape index (κ2) is 5.27. The van der Waals surface area contributed by atoms with Crippen LogP contribution in [0.5, 0.6) is 0 Å². The summed E-state index contributed by atoms with van der Waals surface area (Å²) in [4.78, 5) is 21.3. The molecule has 84 valence electrons. The van der Waals surface area contributed by atoms with Crippen molar-refractivity contribution in [2.24, 2.45) is 0 Å². The minimum Gasteiger partial charge on any atom is -0.478 e. The van der Waals surface area contributed by atoms with E-state index in [0.717, 1.165) is 12.1 Å². The summed E-state index contributed by atoms with van der Waals surface area (Å²) >= 11 is 5.64. The zero-order chi connectivity index (χ0) is 12.1. The number of hydrogen-bond acceptors (Lipinski definition) is 2. The van der Waals surface area contributed by atoms with E-state index < -0.39 is 17.7 Å². The van der Waals surface area contributed by atoms with Crippen LogP contribution in [0, 0.1) is 5.82 Å². The minimum absolute atomic E-state index is 0.0390. The van der Waals surface area contributed by atoms with E-state index in [1.54, 1.807) is 0 Å². The van der Waals surface area contributed by atoms with Crippen molar-refractivity contribution in [3.8, 4) is 0 Å². The summed E-state index contributed by atoms with van der Waals surface area (Å²) in [5.74, 6) is -2.73. The number of carboxylic acids is 1. The van der Waals surface area contributed by atoms with Crippen molar-refractivity contribution in [3.05, 3.63) is 41.2 Å². The molecule has 16 heavy (non-hydrogen) atoms. The highest BCUT2D eigenvalue weighted by Gasteiger charge is 2.08. The number of carbonyl (C=O) groups excluding carboxylic acids is 1. The second-order valence-corrected chi connectivity index (χ2v) is 3.16. The lowest BCUT2D eigenvalue weighted by molar-refractivity contribution is -0.131. The maximum Gasteiger partial charge on any atom is 0.328 e. The Balaban J connectivity index is 2.81. The van der Waals surface area contributed by atoms with Gasteiger partial charge in [-0.2, -0.15) is 0 Å².